The molecule has 0 aliphatic heterocycles. The fourth-order valence-corrected chi connectivity index (χ4v) is 3.65. The van der Waals surface area contributed by atoms with E-state index in [2.05, 4.69) is 66.0 Å². The normalized spacial score (nSPS) is 27.5. The first-order valence-corrected chi connectivity index (χ1v) is 8.20. The largest absolute Gasteiger partial charge is 0.314 e. The van der Waals surface area contributed by atoms with E-state index >= 15 is 0 Å². The van der Waals surface area contributed by atoms with Crippen LogP contribution in [-0.4, -0.2) is 12.6 Å². The highest BCUT2D eigenvalue weighted by Gasteiger charge is 2.54. The molecule has 108 valence electrons. The molecule has 2 unspecified atom stereocenters. The van der Waals surface area contributed by atoms with E-state index in [1.54, 1.807) is 0 Å². The zero-order valence-corrected chi connectivity index (χ0v) is 12.5. The fraction of sp³-hybridized carbons (Fsp3) is 0.400. The van der Waals surface area contributed by atoms with E-state index in [-0.39, 0.29) is 0 Å². The number of benzene rings is 2. The third kappa shape index (κ3) is 2.75. The van der Waals surface area contributed by atoms with Gasteiger partial charge in [-0.05, 0) is 49.3 Å². The fourth-order valence-electron chi connectivity index (χ4n) is 3.65. The van der Waals surface area contributed by atoms with Gasteiger partial charge >= 0.3 is 0 Å². The van der Waals surface area contributed by atoms with Crippen molar-refractivity contribution in [1.82, 2.24) is 5.32 Å². The molecule has 0 saturated heterocycles. The van der Waals surface area contributed by atoms with E-state index in [4.69, 9.17) is 0 Å². The Morgan fingerprint density at radius 1 is 0.905 bits per heavy atom. The first-order chi connectivity index (χ1) is 10.4. The molecule has 2 atom stereocenters. The van der Waals surface area contributed by atoms with Crippen molar-refractivity contribution in [3.05, 3.63) is 71.8 Å². The van der Waals surface area contributed by atoms with Crippen LogP contribution in [0.3, 0.4) is 0 Å². The Kier molecular flexibility index (Phi) is 3.31. The zero-order valence-electron chi connectivity index (χ0n) is 12.5. The van der Waals surface area contributed by atoms with Crippen molar-refractivity contribution in [1.29, 1.82) is 0 Å². The summed E-state index contributed by atoms with van der Waals surface area (Å²) >= 11 is 0. The lowest BCUT2D eigenvalue weighted by molar-refractivity contribution is 0.546. The summed E-state index contributed by atoms with van der Waals surface area (Å²) in [6.45, 7) is 1.19. The molecule has 2 aromatic rings. The zero-order chi connectivity index (χ0) is 14.1. The van der Waals surface area contributed by atoms with Crippen molar-refractivity contribution in [2.45, 2.75) is 37.1 Å². The van der Waals surface area contributed by atoms with Gasteiger partial charge in [-0.1, -0.05) is 60.7 Å². The highest BCUT2D eigenvalue weighted by molar-refractivity contribution is 5.37. The second-order valence-electron chi connectivity index (χ2n) is 6.77. The maximum absolute atomic E-state index is 3.73. The molecular formula is C20H23N. The molecule has 21 heavy (non-hydrogen) atoms. The SMILES string of the molecule is c1ccc(CC2(c3ccccc3)CC2CNC2CC2)cc1. The first-order valence-electron chi connectivity index (χ1n) is 8.20. The van der Waals surface area contributed by atoms with Gasteiger partial charge in [0.15, 0.2) is 0 Å². The van der Waals surface area contributed by atoms with Crippen LogP contribution in [0.2, 0.25) is 0 Å². The van der Waals surface area contributed by atoms with Gasteiger partial charge in [-0.15, -0.1) is 0 Å². The van der Waals surface area contributed by atoms with Gasteiger partial charge in [0, 0.05) is 11.5 Å². The minimum absolute atomic E-state index is 0.366. The number of nitrogens with one attached hydrogen (secondary N) is 1. The molecule has 0 radical (unpaired) electrons. The Labute approximate surface area is 127 Å². The van der Waals surface area contributed by atoms with Crippen molar-refractivity contribution in [3.8, 4) is 0 Å². The summed E-state index contributed by atoms with van der Waals surface area (Å²) < 4.78 is 0. The monoisotopic (exact) mass is 277 g/mol. The average molecular weight is 277 g/mol. The molecular weight excluding hydrogens is 254 g/mol. The second kappa shape index (κ2) is 5.31. The standard InChI is InChI=1S/C20H23N/c1-3-7-16(8-4-1)13-20(17-9-5-2-6-10-17)14-18(20)15-21-19-11-12-19/h1-10,18-19,21H,11-15H2. The van der Waals surface area contributed by atoms with Gasteiger partial charge < -0.3 is 5.32 Å². The van der Waals surface area contributed by atoms with E-state index in [0.717, 1.165) is 12.0 Å². The highest BCUT2D eigenvalue weighted by atomic mass is 15.0. The molecule has 0 bridgehead atoms. The van der Waals surface area contributed by atoms with Crippen LogP contribution in [0, 0.1) is 5.92 Å². The molecule has 1 N–H and O–H groups in total. The molecule has 0 amide bonds. The van der Waals surface area contributed by atoms with Crippen LogP contribution in [0.5, 0.6) is 0 Å². The summed E-state index contributed by atoms with van der Waals surface area (Å²) in [5, 5.41) is 3.73. The maximum Gasteiger partial charge on any atom is 0.00683 e. The Hall–Kier alpha value is -1.60. The van der Waals surface area contributed by atoms with Gasteiger partial charge in [0.1, 0.15) is 0 Å². The second-order valence-corrected chi connectivity index (χ2v) is 6.77. The maximum atomic E-state index is 3.73. The third-order valence-electron chi connectivity index (χ3n) is 5.17. The molecule has 0 spiro atoms. The molecule has 2 fully saturated rings. The van der Waals surface area contributed by atoms with Gasteiger partial charge in [-0.3, -0.25) is 0 Å². The third-order valence-corrected chi connectivity index (χ3v) is 5.17. The summed E-state index contributed by atoms with van der Waals surface area (Å²) in [4.78, 5) is 0. The average Bonchev–Trinajstić information content (AvgIpc) is 3.44. The molecule has 0 heterocycles. The van der Waals surface area contributed by atoms with Crippen LogP contribution in [0.1, 0.15) is 30.4 Å². The molecule has 0 aromatic heterocycles. The Morgan fingerprint density at radius 3 is 2.24 bits per heavy atom. The Balaban J connectivity index is 1.55. The molecule has 2 aromatic carbocycles. The van der Waals surface area contributed by atoms with E-state index in [1.807, 2.05) is 0 Å². The molecule has 4 rings (SSSR count). The smallest absolute Gasteiger partial charge is 0.00683 e. The van der Waals surface area contributed by atoms with Crippen molar-refractivity contribution < 1.29 is 0 Å². The number of rotatable bonds is 6. The van der Waals surface area contributed by atoms with Crippen LogP contribution in [0.15, 0.2) is 60.7 Å². The molecule has 1 nitrogen and oxygen atoms in total. The summed E-state index contributed by atoms with van der Waals surface area (Å²) in [6.07, 6.45) is 5.26. The summed E-state index contributed by atoms with van der Waals surface area (Å²) in [6, 6.07) is 22.9. The molecule has 2 saturated carbocycles. The Bertz CT molecular complexity index is 588. The lowest BCUT2D eigenvalue weighted by Gasteiger charge is -2.19. The van der Waals surface area contributed by atoms with E-state index in [0.29, 0.717) is 5.41 Å². The van der Waals surface area contributed by atoms with Crippen molar-refractivity contribution >= 4 is 0 Å². The van der Waals surface area contributed by atoms with Gasteiger partial charge in [-0.2, -0.15) is 0 Å². The van der Waals surface area contributed by atoms with Gasteiger partial charge in [0.05, 0.1) is 0 Å². The summed E-state index contributed by atoms with van der Waals surface area (Å²) in [5.41, 5.74) is 3.36. The number of hydrogen-bond donors (Lipinski definition) is 1. The molecule has 2 aliphatic rings. The van der Waals surface area contributed by atoms with E-state index < -0.39 is 0 Å². The quantitative estimate of drug-likeness (QED) is 0.843. The minimum Gasteiger partial charge on any atom is -0.314 e. The summed E-state index contributed by atoms with van der Waals surface area (Å²) in [7, 11) is 0. The summed E-state index contributed by atoms with van der Waals surface area (Å²) in [5.74, 6) is 0.792. The van der Waals surface area contributed by atoms with Crippen LogP contribution in [0.25, 0.3) is 0 Å². The van der Waals surface area contributed by atoms with Crippen LogP contribution < -0.4 is 5.32 Å². The predicted molar refractivity (Wildman–Crippen MR) is 87.4 cm³/mol. The van der Waals surface area contributed by atoms with Crippen molar-refractivity contribution in [2.75, 3.05) is 6.54 Å². The van der Waals surface area contributed by atoms with Crippen molar-refractivity contribution in [2.24, 2.45) is 5.92 Å². The van der Waals surface area contributed by atoms with Gasteiger partial charge in [-0.25, -0.2) is 0 Å². The number of hydrogen-bond acceptors (Lipinski definition) is 1. The van der Waals surface area contributed by atoms with E-state index in [9.17, 15) is 0 Å². The first kappa shape index (κ1) is 13.1. The predicted octanol–water partition coefficient (Wildman–Crippen LogP) is 3.94. The Morgan fingerprint density at radius 2 is 1.57 bits per heavy atom. The van der Waals surface area contributed by atoms with Crippen LogP contribution >= 0.6 is 0 Å². The highest BCUT2D eigenvalue weighted by Crippen LogP contribution is 2.56. The van der Waals surface area contributed by atoms with E-state index in [1.165, 1.54) is 43.4 Å². The molecule has 2 aliphatic carbocycles. The van der Waals surface area contributed by atoms with Crippen LogP contribution in [0.4, 0.5) is 0 Å². The van der Waals surface area contributed by atoms with Gasteiger partial charge in [0.2, 0.25) is 0 Å². The lowest BCUT2D eigenvalue weighted by Crippen LogP contribution is -2.24. The van der Waals surface area contributed by atoms with Crippen molar-refractivity contribution in [3.63, 3.8) is 0 Å². The minimum atomic E-state index is 0.366. The van der Waals surface area contributed by atoms with Crippen LogP contribution in [-0.2, 0) is 11.8 Å². The topological polar surface area (TPSA) is 12.0 Å². The molecule has 1 heteroatoms. The lowest BCUT2D eigenvalue weighted by atomic mass is 9.86. The van der Waals surface area contributed by atoms with Gasteiger partial charge in [0.25, 0.3) is 0 Å².